The second-order valence-corrected chi connectivity index (χ2v) is 6.05. The fourth-order valence-corrected chi connectivity index (χ4v) is 2.46. The molecular weight excluding hydrogens is 258 g/mol. The average Bonchev–Trinajstić information content (AvgIpc) is 2.35. The molecule has 0 aliphatic rings. The standard InChI is InChI=1S/C16H26ClNO/c1-6-18-15(9-10-16(3,4)19-5)14-8-7-13(17)11-12(14)2/h7-8,11,15,18H,6,9-10H2,1-5H3. The summed E-state index contributed by atoms with van der Waals surface area (Å²) in [6, 6.07) is 6.49. The smallest absolute Gasteiger partial charge is 0.0623 e. The average molecular weight is 284 g/mol. The van der Waals surface area contributed by atoms with Crippen LogP contribution in [0.25, 0.3) is 0 Å². The van der Waals surface area contributed by atoms with Crippen LogP contribution in [0.15, 0.2) is 18.2 Å². The summed E-state index contributed by atoms with van der Waals surface area (Å²) in [7, 11) is 1.77. The van der Waals surface area contributed by atoms with Gasteiger partial charge in [-0.3, -0.25) is 0 Å². The first kappa shape index (κ1) is 16.5. The second-order valence-electron chi connectivity index (χ2n) is 5.61. The second kappa shape index (κ2) is 7.28. The van der Waals surface area contributed by atoms with Crippen LogP contribution in [0.3, 0.4) is 0 Å². The van der Waals surface area contributed by atoms with E-state index in [0.717, 1.165) is 24.4 Å². The van der Waals surface area contributed by atoms with Crippen molar-refractivity contribution >= 4 is 11.6 Å². The molecular formula is C16H26ClNO. The van der Waals surface area contributed by atoms with E-state index >= 15 is 0 Å². The summed E-state index contributed by atoms with van der Waals surface area (Å²) in [5.41, 5.74) is 2.50. The molecule has 0 fully saturated rings. The van der Waals surface area contributed by atoms with Crippen LogP contribution >= 0.6 is 11.6 Å². The maximum Gasteiger partial charge on any atom is 0.0623 e. The lowest BCUT2D eigenvalue weighted by Gasteiger charge is -2.27. The van der Waals surface area contributed by atoms with E-state index in [1.807, 2.05) is 12.1 Å². The van der Waals surface area contributed by atoms with Crippen molar-refractivity contribution in [3.63, 3.8) is 0 Å². The summed E-state index contributed by atoms with van der Waals surface area (Å²) in [5.74, 6) is 0. The highest BCUT2D eigenvalue weighted by Crippen LogP contribution is 2.28. The zero-order valence-corrected chi connectivity index (χ0v) is 13.5. The van der Waals surface area contributed by atoms with Gasteiger partial charge in [-0.1, -0.05) is 24.6 Å². The van der Waals surface area contributed by atoms with Crippen molar-refractivity contribution in [1.82, 2.24) is 5.32 Å². The van der Waals surface area contributed by atoms with E-state index in [1.165, 1.54) is 11.1 Å². The molecule has 1 atom stereocenters. The van der Waals surface area contributed by atoms with Crippen LogP contribution in [-0.2, 0) is 4.74 Å². The first-order valence-electron chi connectivity index (χ1n) is 6.94. The summed E-state index contributed by atoms with van der Waals surface area (Å²) in [4.78, 5) is 0. The molecule has 1 aromatic rings. The Morgan fingerprint density at radius 1 is 1.37 bits per heavy atom. The molecule has 0 aliphatic carbocycles. The first-order valence-corrected chi connectivity index (χ1v) is 7.32. The maximum absolute atomic E-state index is 6.03. The van der Waals surface area contributed by atoms with Gasteiger partial charge < -0.3 is 10.1 Å². The Kier molecular flexibility index (Phi) is 6.31. The van der Waals surface area contributed by atoms with Crippen molar-refractivity contribution in [1.29, 1.82) is 0 Å². The van der Waals surface area contributed by atoms with Gasteiger partial charge in [0.15, 0.2) is 0 Å². The Morgan fingerprint density at radius 3 is 2.58 bits per heavy atom. The molecule has 3 heteroatoms. The molecule has 0 saturated carbocycles. The Balaban J connectivity index is 2.82. The molecule has 1 aromatic carbocycles. The number of methoxy groups -OCH3 is 1. The molecule has 19 heavy (non-hydrogen) atoms. The van der Waals surface area contributed by atoms with Crippen LogP contribution in [0.4, 0.5) is 0 Å². The summed E-state index contributed by atoms with van der Waals surface area (Å²) in [6.07, 6.45) is 2.07. The highest BCUT2D eigenvalue weighted by atomic mass is 35.5. The van der Waals surface area contributed by atoms with Crippen molar-refractivity contribution in [2.45, 2.75) is 52.2 Å². The Bertz CT molecular complexity index is 404. The fourth-order valence-electron chi connectivity index (χ4n) is 2.24. The predicted octanol–water partition coefficient (Wildman–Crippen LogP) is 4.50. The molecule has 1 unspecified atom stereocenters. The number of halogens is 1. The van der Waals surface area contributed by atoms with Crippen molar-refractivity contribution in [2.75, 3.05) is 13.7 Å². The minimum absolute atomic E-state index is 0.0754. The summed E-state index contributed by atoms with van der Waals surface area (Å²) in [6.45, 7) is 9.47. The van der Waals surface area contributed by atoms with Crippen molar-refractivity contribution < 1.29 is 4.74 Å². The first-order chi connectivity index (χ1) is 8.89. The third-order valence-corrected chi connectivity index (χ3v) is 3.88. The van der Waals surface area contributed by atoms with Gasteiger partial charge in [0.1, 0.15) is 0 Å². The number of rotatable bonds is 7. The highest BCUT2D eigenvalue weighted by Gasteiger charge is 2.20. The summed E-state index contributed by atoms with van der Waals surface area (Å²) < 4.78 is 5.50. The third kappa shape index (κ3) is 5.13. The number of benzene rings is 1. The molecule has 0 spiro atoms. The van der Waals surface area contributed by atoms with Gasteiger partial charge >= 0.3 is 0 Å². The molecule has 0 amide bonds. The third-order valence-electron chi connectivity index (χ3n) is 3.65. The van der Waals surface area contributed by atoms with Crippen molar-refractivity contribution in [2.24, 2.45) is 0 Å². The van der Waals surface area contributed by atoms with E-state index in [1.54, 1.807) is 7.11 Å². The predicted molar refractivity (Wildman–Crippen MR) is 82.9 cm³/mol. The van der Waals surface area contributed by atoms with Gasteiger partial charge in [-0.25, -0.2) is 0 Å². The minimum atomic E-state index is -0.0754. The topological polar surface area (TPSA) is 21.3 Å². The lowest BCUT2D eigenvalue weighted by atomic mass is 9.92. The number of aryl methyl sites for hydroxylation is 1. The van der Waals surface area contributed by atoms with E-state index in [0.29, 0.717) is 6.04 Å². The van der Waals surface area contributed by atoms with E-state index < -0.39 is 0 Å². The number of nitrogens with one attached hydrogen (secondary N) is 1. The number of hydrogen-bond donors (Lipinski definition) is 1. The molecule has 108 valence electrons. The number of ether oxygens (including phenoxy) is 1. The quantitative estimate of drug-likeness (QED) is 0.795. The molecule has 0 aliphatic heterocycles. The lowest BCUT2D eigenvalue weighted by Crippen LogP contribution is -2.27. The van der Waals surface area contributed by atoms with Gasteiger partial charge in [-0.2, -0.15) is 0 Å². The molecule has 0 heterocycles. The van der Waals surface area contributed by atoms with Gasteiger partial charge in [0.25, 0.3) is 0 Å². The molecule has 0 bridgehead atoms. The van der Waals surface area contributed by atoms with Gasteiger partial charge in [0.2, 0.25) is 0 Å². The van der Waals surface area contributed by atoms with Crippen LogP contribution < -0.4 is 5.32 Å². The van der Waals surface area contributed by atoms with Gasteiger partial charge in [-0.15, -0.1) is 0 Å². The summed E-state index contributed by atoms with van der Waals surface area (Å²) >= 11 is 6.03. The normalized spacial score (nSPS) is 13.6. The summed E-state index contributed by atoms with van der Waals surface area (Å²) in [5, 5.41) is 4.36. The van der Waals surface area contributed by atoms with Gasteiger partial charge in [0.05, 0.1) is 5.60 Å². The Hall–Kier alpha value is -0.570. The monoisotopic (exact) mass is 283 g/mol. The Labute approximate surface area is 122 Å². The fraction of sp³-hybridized carbons (Fsp3) is 0.625. The minimum Gasteiger partial charge on any atom is -0.379 e. The van der Waals surface area contributed by atoms with Crippen molar-refractivity contribution in [3.05, 3.63) is 34.3 Å². The van der Waals surface area contributed by atoms with E-state index in [4.69, 9.17) is 16.3 Å². The van der Waals surface area contributed by atoms with Crippen LogP contribution in [-0.4, -0.2) is 19.3 Å². The van der Waals surface area contributed by atoms with Gasteiger partial charge in [0, 0.05) is 18.2 Å². The van der Waals surface area contributed by atoms with Crippen molar-refractivity contribution in [3.8, 4) is 0 Å². The van der Waals surface area contributed by atoms with E-state index in [9.17, 15) is 0 Å². The highest BCUT2D eigenvalue weighted by molar-refractivity contribution is 6.30. The molecule has 1 rings (SSSR count). The molecule has 1 N–H and O–H groups in total. The Morgan fingerprint density at radius 2 is 2.05 bits per heavy atom. The molecule has 0 radical (unpaired) electrons. The maximum atomic E-state index is 6.03. The molecule has 2 nitrogen and oxygen atoms in total. The zero-order chi connectivity index (χ0) is 14.5. The lowest BCUT2D eigenvalue weighted by molar-refractivity contribution is 0.0117. The van der Waals surface area contributed by atoms with Crippen LogP contribution in [0.2, 0.25) is 5.02 Å². The van der Waals surface area contributed by atoms with Crippen LogP contribution in [0.1, 0.15) is 50.8 Å². The largest absolute Gasteiger partial charge is 0.379 e. The van der Waals surface area contributed by atoms with E-state index in [-0.39, 0.29) is 5.60 Å². The van der Waals surface area contributed by atoms with Crippen LogP contribution in [0.5, 0.6) is 0 Å². The molecule has 0 aromatic heterocycles. The SMILES string of the molecule is CCNC(CCC(C)(C)OC)c1ccc(Cl)cc1C. The zero-order valence-electron chi connectivity index (χ0n) is 12.7. The van der Waals surface area contributed by atoms with Crippen LogP contribution in [0, 0.1) is 6.92 Å². The number of hydrogen-bond acceptors (Lipinski definition) is 2. The van der Waals surface area contributed by atoms with Gasteiger partial charge in [-0.05, 0) is 63.4 Å². The van der Waals surface area contributed by atoms with E-state index in [2.05, 4.69) is 39.1 Å². The molecule has 0 saturated heterocycles.